The summed E-state index contributed by atoms with van der Waals surface area (Å²) in [5.74, 6) is 1.77. The first kappa shape index (κ1) is 10.2. The van der Waals surface area contributed by atoms with Gasteiger partial charge in [0.1, 0.15) is 5.82 Å². The maximum atomic E-state index is 4.26. The lowest BCUT2D eigenvalue weighted by Gasteiger charge is -2.05. The van der Waals surface area contributed by atoms with Crippen LogP contribution in [0.25, 0.3) is 5.65 Å². The number of pyridine rings is 1. The van der Waals surface area contributed by atoms with Crippen LogP contribution in [0.1, 0.15) is 12.2 Å². The molecule has 0 radical (unpaired) electrons. The molecule has 1 aliphatic heterocycles. The van der Waals surface area contributed by atoms with Crippen LogP contribution in [-0.4, -0.2) is 27.7 Å². The molecule has 1 fully saturated rings. The monoisotopic (exact) mass is 280 g/mol. The Bertz CT molecular complexity index is 502. The van der Waals surface area contributed by atoms with Crippen LogP contribution in [0.5, 0.6) is 0 Å². The quantitative estimate of drug-likeness (QED) is 0.910. The van der Waals surface area contributed by atoms with E-state index in [-0.39, 0.29) is 0 Å². The summed E-state index contributed by atoms with van der Waals surface area (Å²) in [5.41, 5.74) is 0.912. The van der Waals surface area contributed by atoms with Crippen molar-refractivity contribution in [2.24, 2.45) is 5.92 Å². The Morgan fingerprint density at radius 1 is 1.50 bits per heavy atom. The Hall–Kier alpha value is -0.940. The van der Waals surface area contributed by atoms with E-state index in [2.05, 4.69) is 35.8 Å². The second-order valence-electron chi connectivity index (χ2n) is 4.25. The van der Waals surface area contributed by atoms with Crippen molar-refractivity contribution in [3.63, 3.8) is 0 Å². The Morgan fingerprint density at radius 2 is 2.44 bits per heavy atom. The van der Waals surface area contributed by atoms with Crippen molar-refractivity contribution >= 4 is 21.6 Å². The van der Waals surface area contributed by atoms with Crippen LogP contribution in [0.4, 0.5) is 0 Å². The zero-order chi connectivity index (χ0) is 11.0. The minimum atomic E-state index is 0.705. The summed E-state index contributed by atoms with van der Waals surface area (Å²) in [5, 5.41) is 11.8. The molecule has 1 saturated heterocycles. The van der Waals surface area contributed by atoms with Gasteiger partial charge in [-0.15, -0.1) is 10.2 Å². The third kappa shape index (κ3) is 1.85. The molecule has 0 spiro atoms. The molecule has 1 unspecified atom stereocenters. The van der Waals surface area contributed by atoms with E-state index in [9.17, 15) is 0 Å². The van der Waals surface area contributed by atoms with E-state index in [1.54, 1.807) is 0 Å². The lowest BCUT2D eigenvalue weighted by atomic mass is 10.1. The smallest absolute Gasteiger partial charge is 0.161 e. The van der Waals surface area contributed by atoms with Crippen LogP contribution < -0.4 is 5.32 Å². The zero-order valence-corrected chi connectivity index (χ0v) is 10.4. The second kappa shape index (κ2) is 4.14. The van der Waals surface area contributed by atoms with Gasteiger partial charge in [0.2, 0.25) is 0 Å². The van der Waals surface area contributed by atoms with E-state index in [1.807, 2.05) is 18.3 Å². The highest BCUT2D eigenvalue weighted by Gasteiger charge is 2.17. The summed E-state index contributed by atoms with van der Waals surface area (Å²) >= 11 is 3.44. The van der Waals surface area contributed by atoms with Gasteiger partial charge in [-0.2, -0.15) is 0 Å². The molecule has 1 aliphatic rings. The van der Waals surface area contributed by atoms with Gasteiger partial charge in [0.05, 0.1) is 0 Å². The maximum Gasteiger partial charge on any atom is 0.161 e. The van der Waals surface area contributed by atoms with Gasteiger partial charge >= 0.3 is 0 Å². The van der Waals surface area contributed by atoms with Gasteiger partial charge in [0, 0.05) is 17.1 Å². The Morgan fingerprint density at radius 3 is 3.25 bits per heavy atom. The molecule has 2 aromatic rings. The molecule has 2 aromatic heterocycles. The molecule has 0 aliphatic carbocycles. The minimum absolute atomic E-state index is 0.705. The van der Waals surface area contributed by atoms with E-state index in [0.717, 1.165) is 35.5 Å². The standard InChI is InChI=1S/C11H13BrN4/c12-9-2-4-16-10(14-15-11(16)6-9)5-8-1-3-13-7-8/h2,4,6,8,13H,1,3,5,7H2. The molecule has 3 heterocycles. The predicted octanol–water partition coefficient (Wildman–Crippen LogP) is 1.64. The van der Waals surface area contributed by atoms with E-state index in [0.29, 0.717) is 5.92 Å². The van der Waals surface area contributed by atoms with Gasteiger partial charge in [-0.3, -0.25) is 4.40 Å². The highest BCUT2D eigenvalue weighted by Crippen LogP contribution is 2.17. The van der Waals surface area contributed by atoms with Crippen molar-refractivity contribution in [1.82, 2.24) is 19.9 Å². The molecule has 0 aromatic carbocycles. The second-order valence-corrected chi connectivity index (χ2v) is 5.17. The van der Waals surface area contributed by atoms with Crippen LogP contribution in [0.15, 0.2) is 22.8 Å². The summed E-state index contributed by atoms with van der Waals surface area (Å²) < 4.78 is 3.12. The maximum absolute atomic E-state index is 4.26. The average Bonchev–Trinajstić information content (AvgIpc) is 2.89. The number of fused-ring (bicyclic) bond motifs is 1. The number of rotatable bonds is 2. The van der Waals surface area contributed by atoms with Crippen molar-refractivity contribution in [1.29, 1.82) is 0 Å². The minimum Gasteiger partial charge on any atom is -0.316 e. The molecule has 16 heavy (non-hydrogen) atoms. The molecule has 5 heteroatoms. The lowest BCUT2D eigenvalue weighted by molar-refractivity contribution is 0.558. The van der Waals surface area contributed by atoms with Gasteiger partial charge in [-0.1, -0.05) is 15.9 Å². The van der Waals surface area contributed by atoms with Crippen molar-refractivity contribution in [2.75, 3.05) is 13.1 Å². The first-order valence-corrected chi connectivity index (χ1v) is 6.32. The fourth-order valence-electron chi connectivity index (χ4n) is 2.20. The molecular formula is C11H13BrN4. The van der Waals surface area contributed by atoms with Crippen molar-refractivity contribution in [2.45, 2.75) is 12.8 Å². The topological polar surface area (TPSA) is 42.2 Å². The van der Waals surface area contributed by atoms with Crippen molar-refractivity contribution < 1.29 is 0 Å². The van der Waals surface area contributed by atoms with E-state index < -0.39 is 0 Å². The molecule has 4 nitrogen and oxygen atoms in total. The van der Waals surface area contributed by atoms with Crippen molar-refractivity contribution in [3.8, 4) is 0 Å². The lowest BCUT2D eigenvalue weighted by Crippen LogP contribution is -2.12. The highest BCUT2D eigenvalue weighted by atomic mass is 79.9. The SMILES string of the molecule is Brc1ccn2c(CC3CCNC3)nnc2c1. The van der Waals surface area contributed by atoms with Gasteiger partial charge in [0.25, 0.3) is 0 Å². The van der Waals surface area contributed by atoms with Gasteiger partial charge in [-0.25, -0.2) is 0 Å². The normalized spacial score (nSPS) is 20.7. The van der Waals surface area contributed by atoms with Crippen LogP contribution in [-0.2, 0) is 6.42 Å². The first-order valence-electron chi connectivity index (χ1n) is 5.53. The van der Waals surface area contributed by atoms with Crippen LogP contribution in [0.3, 0.4) is 0 Å². The number of halogens is 1. The van der Waals surface area contributed by atoms with Crippen LogP contribution >= 0.6 is 15.9 Å². The van der Waals surface area contributed by atoms with E-state index in [1.165, 1.54) is 6.42 Å². The van der Waals surface area contributed by atoms with Gasteiger partial charge < -0.3 is 5.32 Å². The summed E-state index contributed by atoms with van der Waals surface area (Å²) in [7, 11) is 0. The van der Waals surface area contributed by atoms with Gasteiger partial charge in [0.15, 0.2) is 5.65 Å². The molecule has 3 rings (SSSR count). The zero-order valence-electron chi connectivity index (χ0n) is 8.86. The molecule has 1 atom stereocenters. The summed E-state index contributed by atoms with van der Waals surface area (Å²) in [6.07, 6.45) is 4.28. The number of hydrogen-bond acceptors (Lipinski definition) is 3. The fourth-order valence-corrected chi connectivity index (χ4v) is 2.52. The number of nitrogens with zero attached hydrogens (tertiary/aromatic N) is 3. The van der Waals surface area contributed by atoms with E-state index in [4.69, 9.17) is 0 Å². The molecule has 1 N–H and O–H groups in total. The summed E-state index contributed by atoms with van der Waals surface area (Å²) in [6, 6.07) is 4.01. The van der Waals surface area contributed by atoms with Gasteiger partial charge in [-0.05, 0) is 37.6 Å². The third-order valence-electron chi connectivity index (χ3n) is 3.08. The number of nitrogens with one attached hydrogen (secondary N) is 1. The number of aromatic nitrogens is 3. The molecular weight excluding hydrogens is 268 g/mol. The largest absolute Gasteiger partial charge is 0.316 e. The Kier molecular flexibility index (Phi) is 2.65. The summed E-state index contributed by atoms with van der Waals surface area (Å²) in [4.78, 5) is 0. The predicted molar refractivity (Wildman–Crippen MR) is 65.4 cm³/mol. The van der Waals surface area contributed by atoms with Crippen molar-refractivity contribution in [3.05, 3.63) is 28.6 Å². The Balaban J connectivity index is 1.91. The molecule has 84 valence electrons. The average molecular weight is 281 g/mol. The summed E-state index contributed by atoms with van der Waals surface area (Å²) in [6.45, 7) is 2.23. The fraction of sp³-hybridized carbons (Fsp3) is 0.455. The molecule has 0 amide bonds. The van der Waals surface area contributed by atoms with E-state index >= 15 is 0 Å². The first-order chi connectivity index (χ1) is 7.83. The molecule has 0 bridgehead atoms. The van der Waals surface area contributed by atoms with Crippen LogP contribution in [0.2, 0.25) is 0 Å². The Labute approximate surface area is 102 Å². The number of hydrogen-bond donors (Lipinski definition) is 1. The van der Waals surface area contributed by atoms with Crippen LogP contribution in [0, 0.1) is 5.92 Å². The third-order valence-corrected chi connectivity index (χ3v) is 3.57. The highest BCUT2D eigenvalue weighted by molar-refractivity contribution is 9.10. The molecule has 0 saturated carbocycles.